The number of benzene rings is 2. The number of nitrogens with zero attached hydrogens (tertiary/aromatic N) is 2. The molecular weight excluding hydrogens is 380 g/mol. The van der Waals surface area contributed by atoms with E-state index in [1.807, 2.05) is 36.4 Å². The van der Waals surface area contributed by atoms with Gasteiger partial charge in [0.15, 0.2) is 0 Å². The summed E-state index contributed by atoms with van der Waals surface area (Å²) in [6.45, 7) is 1.80. The predicted molar refractivity (Wildman–Crippen MR) is 93.1 cm³/mol. The van der Waals surface area contributed by atoms with E-state index in [0.717, 1.165) is 15.6 Å². The SMILES string of the molecule is CCC(=O)N1N=C(c2ccc(Cl)cc2)OC1c1ccc(Br)cc1. The molecular formula is C17H14BrClN2O2. The molecule has 0 saturated heterocycles. The summed E-state index contributed by atoms with van der Waals surface area (Å²) in [6, 6.07) is 14.8. The Hall–Kier alpha value is -1.85. The van der Waals surface area contributed by atoms with Gasteiger partial charge in [-0.3, -0.25) is 4.79 Å². The van der Waals surface area contributed by atoms with Crippen LogP contribution in [0.5, 0.6) is 0 Å². The highest BCUT2D eigenvalue weighted by molar-refractivity contribution is 9.10. The van der Waals surface area contributed by atoms with Gasteiger partial charge in [-0.1, -0.05) is 46.6 Å². The highest BCUT2D eigenvalue weighted by atomic mass is 79.9. The largest absolute Gasteiger partial charge is 0.446 e. The van der Waals surface area contributed by atoms with Crippen molar-refractivity contribution in [1.82, 2.24) is 5.01 Å². The zero-order valence-electron chi connectivity index (χ0n) is 12.4. The van der Waals surface area contributed by atoms with Crippen LogP contribution in [0.4, 0.5) is 0 Å². The predicted octanol–water partition coefficient (Wildman–Crippen LogP) is 4.73. The van der Waals surface area contributed by atoms with Crippen molar-refractivity contribution >= 4 is 39.3 Å². The number of hydrazone groups is 1. The third kappa shape index (κ3) is 3.41. The quantitative estimate of drug-likeness (QED) is 0.756. The maximum Gasteiger partial charge on any atom is 0.246 e. The van der Waals surface area contributed by atoms with E-state index in [4.69, 9.17) is 16.3 Å². The number of ether oxygens (including phenoxy) is 1. The van der Waals surface area contributed by atoms with Gasteiger partial charge in [0.2, 0.25) is 18.0 Å². The Morgan fingerprint density at radius 3 is 2.48 bits per heavy atom. The number of hydrogen-bond acceptors (Lipinski definition) is 3. The van der Waals surface area contributed by atoms with Gasteiger partial charge in [0.05, 0.1) is 0 Å². The number of rotatable bonds is 3. The molecule has 4 nitrogen and oxygen atoms in total. The first-order chi connectivity index (χ1) is 11.1. The number of carbonyl (C=O) groups is 1. The summed E-state index contributed by atoms with van der Waals surface area (Å²) in [5, 5.41) is 6.40. The fraction of sp³-hybridized carbons (Fsp3) is 0.176. The van der Waals surface area contributed by atoms with Gasteiger partial charge in [-0.05, 0) is 36.4 Å². The molecule has 0 N–H and O–H groups in total. The molecule has 6 heteroatoms. The van der Waals surface area contributed by atoms with Gasteiger partial charge in [-0.15, -0.1) is 5.10 Å². The van der Waals surface area contributed by atoms with E-state index in [2.05, 4.69) is 21.0 Å². The van der Waals surface area contributed by atoms with Crippen molar-refractivity contribution in [3.63, 3.8) is 0 Å². The maximum absolute atomic E-state index is 12.2. The minimum atomic E-state index is -0.554. The lowest BCUT2D eigenvalue weighted by molar-refractivity contribution is -0.137. The van der Waals surface area contributed by atoms with Crippen LogP contribution in [0.25, 0.3) is 0 Å². The Kier molecular flexibility index (Phi) is 4.68. The van der Waals surface area contributed by atoms with E-state index in [0.29, 0.717) is 17.3 Å². The van der Waals surface area contributed by atoms with Crippen LogP contribution in [0.1, 0.15) is 30.7 Å². The molecule has 0 radical (unpaired) electrons. The van der Waals surface area contributed by atoms with Crippen LogP contribution in [0, 0.1) is 0 Å². The molecule has 2 aromatic rings. The Balaban J connectivity index is 1.93. The van der Waals surface area contributed by atoms with Crippen molar-refractivity contribution < 1.29 is 9.53 Å². The first-order valence-corrected chi connectivity index (χ1v) is 8.34. The molecule has 1 aliphatic rings. The fourth-order valence-corrected chi connectivity index (χ4v) is 2.62. The third-order valence-corrected chi connectivity index (χ3v) is 4.23. The lowest BCUT2D eigenvalue weighted by Gasteiger charge is -2.20. The van der Waals surface area contributed by atoms with Gasteiger partial charge in [0, 0.05) is 27.0 Å². The second kappa shape index (κ2) is 6.72. The van der Waals surface area contributed by atoms with Crippen LogP contribution < -0.4 is 0 Å². The molecule has 1 amide bonds. The van der Waals surface area contributed by atoms with Crippen molar-refractivity contribution in [1.29, 1.82) is 0 Å². The van der Waals surface area contributed by atoms with E-state index in [9.17, 15) is 4.79 Å². The zero-order chi connectivity index (χ0) is 16.4. The molecule has 0 aliphatic carbocycles. The Labute approximate surface area is 147 Å². The van der Waals surface area contributed by atoms with Crippen molar-refractivity contribution in [3.8, 4) is 0 Å². The normalized spacial score (nSPS) is 16.9. The highest BCUT2D eigenvalue weighted by Gasteiger charge is 2.33. The second-order valence-corrected chi connectivity index (χ2v) is 6.38. The minimum Gasteiger partial charge on any atom is -0.446 e. The molecule has 1 unspecified atom stereocenters. The lowest BCUT2D eigenvalue weighted by Crippen LogP contribution is -2.26. The molecule has 0 saturated carbocycles. The number of carbonyl (C=O) groups excluding carboxylic acids is 1. The van der Waals surface area contributed by atoms with Crippen molar-refractivity contribution in [2.24, 2.45) is 5.10 Å². The molecule has 3 rings (SSSR count). The summed E-state index contributed by atoms with van der Waals surface area (Å²) in [6.07, 6.45) is -0.199. The smallest absolute Gasteiger partial charge is 0.246 e. The summed E-state index contributed by atoms with van der Waals surface area (Å²) in [7, 11) is 0. The van der Waals surface area contributed by atoms with E-state index >= 15 is 0 Å². The van der Waals surface area contributed by atoms with Crippen LogP contribution in [0.2, 0.25) is 5.02 Å². The molecule has 1 aliphatic heterocycles. The number of amides is 1. The highest BCUT2D eigenvalue weighted by Crippen LogP contribution is 2.31. The fourth-order valence-electron chi connectivity index (χ4n) is 2.23. The Morgan fingerprint density at radius 1 is 1.22 bits per heavy atom. The third-order valence-electron chi connectivity index (χ3n) is 3.45. The van der Waals surface area contributed by atoms with Crippen LogP contribution in [-0.2, 0) is 9.53 Å². The standard InChI is InChI=1S/C17H14BrClN2O2/c1-2-15(22)21-17(12-3-7-13(18)8-4-12)23-16(20-21)11-5-9-14(19)10-6-11/h3-10,17H,2H2,1H3. The van der Waals surface area contributed by atoms with Gasteiger partial charge < -0.3 is 4.74 Å². The van der Waals surface area contributed by atoms with Gasteiger partial charge >= 0.3 is 0 Å². The maximum atomic E-state index is 12.2. The topological polar surface area (TPSA) is 41.9 Å². The van der Waals surface area contributed by atoms with E-state index in [1.165, 1.54) is 5.01 Å². The molecule has 0 bridgehead atoms. The average molecular weight is 394 g/mol. The monoisotopic (exact) mass is 392 g/mol. The minimum absolute atomic E-state index is 0.0955. The summed E-state index contributed by atoms with van der Waals surface area (Å²) < 4.78 is 6.91. The van der Waals surface area contributed by atoms with Gasteiger partial charge in [-0.25, -0.2) is 0 Å². The lowest BCUT2D eigenvalue weighted by atomic mass is 10.2. The van der Waals surface area contributed by atoms with Crippen LogP contribution in [0.15, 0.2) is 58.1 Å². The Bertz CT molecular complexity index is 744. The molecule has 1 heterocycles. The molecule has 1 atom stereocenters. The van der Waals surface area contributed by atoms with Gasteiger partial charge in [-0.2, -0.15) is 5.01 Å². The molecule has 118 valence electrons. The zero-order valence-corrected chi connectivity index (χ0v) is 14.7. The molecule has 0 fully saturated rings. The first-order valence-electron chi connectivity index (χ1n) is 7.17. The summed E-state index contributed by atoms with van der Waals surface area (Å²) >= 11 is 9.31. The van der Waals surface area contributed by atoms with Crippen LogP contribution >= 0.6 is 27.5 Å². The van der Waals surface area contributed by atoms with Crippen molar-refractivity contribution in [2.75, 3.05) is 0 Å². The first kappa shape index (κ1) is 16.0. The molecule has 23 heavy (non-hydrogen) atoms. The van der Waals surface area contributed by atoms with E-state index in [1.54, 1.807) is 19.1 Å². The van der Waals surface area contributed by atoms with Crippen molar-refractivity contribution in [3.05, 3.63) is 69.2 Å². The van der Waals surface area contributed by atoms with Gasteiger partial charge in [0.1, 0.15) is 0 Å². The molecule has 2 aromatic carbocycles. The number of halogens is 2. The summed E-state index contributed by atoms with van der Waals surface area (Å²) in [5.41, 5.74) is 1.64. The van der Waals surface area contributed by atoms with Crippen LogP contribution in [-0.4, -0.2) is 16.8 Å². The summed E-state index contributed by atoms with van der Waals surface area (Å²) in [4.78, 5) is 12.2. The summed E-state index contributed by atoms with van der Waals surface area (Å²) in [5.74, 6) is 0.318. The van der Waals surface area contributed by atoms with E-state index < -0.39 is 6.23 Å². The molecule has 0 aromatic heterocycles. The van der Waals surface area contributed by atoms with Gasteiger partial charge in [0.25, 0.3) is 0 Å². The van der Waals surface area contributed by atoms with E-state index in [-0.39, 0.29) is 5.91 Å². The molecule has 0 spiro atoms. The van der Waals surface area contributed by atoms with Crippen LogP contribution in [0.3, 0.4) is 0 Å². The van der Waals surface area contributed by atoms with Crippen molar-refractivity contribution in [2.45, 2.75) is 19.6 Å². The average Bonchev–Trinajstić information content (AvgIpc) is 3.00. The Morgan fingerprint density at radius 2 is 1.87 bits per heavy atom. The second-order valence-electron chi connectivity index (χ2n) is 5.03. The number of hydrogen-bond donors (Lipinski definition) is 0.